The maximum Gasteiger partial charge on any atom is 0.243 e. The van der Waals surface area contributed by atoms with Gasteiger partial charge >= 0.3 is 0 Å². The van der Waals surface area contributed by atoms with Crippen LogP contribution in [0.1, 0.15) is 31.9 Å². The molecule has 1 aliphatic heterocycles. The fourth-order valence-electron chi connectivity index (χ4n) is 2.71. The largest absolute Gasteiger partial charge is 0.309 e. The molecule has 0 saturated carbocycles. The van der Waals surface area contributed by atoms with E-state index in [-0.39, 0.29) is 17.5 Å². The third kappa shape index (κ3) is 2.41. The summed E-state index contributed by atoms with van der Waals surface area (Å²) in [7, 11) is 0. The lowest BCUT2D eigenvalue weighted by Crippen LogP contribution is -2.64. The Bertz CT molecular complexity index is 479. The van der Waals surface area contributed by atoms with Gasteiger partial charge in [-0.05, 0) is 46.2 Å². The highest BCUT2D eigenvalue weighted by Crippen LogP contribution is 2.26. The molecule has 1 aliphatic rings. The zero-order chi connectivity index (χ0) is 13.5. The third-order valence-electron chi connectivity index (χ3n) is 3.44. The van der Waals surface area contributed by atoms with Crippen molar-refractivity contribution in [3.05, 3.63) is 29.3 Å². The Kier molecular flexibility index (Phi) is 3.20. The van der Waals surface area contributed by atoms with Crippen LogP contribution in [-0.4, -0.2) is 24.0 Å². The number of nitrogens with zero attached hydrogens (tertiary/aromatic N) is 1. The Morgan fingerprint density at radius 3 is 2.61 bits per heavy atom. The SMILES string of the molecule is Cc1ccc(N2CC(C)(C)NC(C)C2=O)c(C)c1. The first-order valence-electron chi connectivity index (χ1n) is 6.46. The number of carbonyl (C=O) groups excluding carboxylic acids is 1. The van der Waals surface area contributed by atoms with Crippen molar-refractivity contribution in [1.29, 1.82) is 0 Å². The minimum absolute atomic E-state index is 0.0509. The molecule has 0 radical (unpaired) electrons. The molecule has 1 atom stereocenters. The molecule has 3 heteroatoms. The molecule has 1 amide bonds. The van der Waals surface area contributed by atoms with Gasteiger partial charge in [-0.3, -0.25) is 10.1 Å². The van der Waals surface area contributed by atoms with E-state index in [0.717, 1.165) is 11.3 Å². The Morgan fingerprint density at radius 1 is 1.33 bits per heavy atom. The van der Waals surface area contributed by atoms with E-state index < -0.39 is 0 Å². The third-order valence-corrected chi connectivity index (χ3v) is 3.44. The van der Waals surface area contributed by atoms with Crippen LogP contribution in [0.3, 0.4) is 0 Å². The lowest BCUT2D eigenvalue weighted by Gasteiger charge is -2.42. The molecule has 1 N–H and O–H groups in total. The molecule has 1 fully saturated rings. The maximum absolute atomic E-state index is 12.3. The van der Waals surface area contributed by atoms with Crippen molar-refractivity contribution < 1.29 is 4.79 Å². The summed E-state index contributed by atoms with van der Waals surface area (Å²) in [6, 6.07) is 6.11. The van der Waals surface area contributed by atoms with Gasteiger partial charge in [-0.2, -0.15) is 0 Å². The van der Waals surface area contributed by atoms with E-state index in [4.69, 9.17) is 0 Å². The van der Waals surface area contributed by atoms with Crippen molar-refractivity contribution >= 4 is 11.6 Å². The molecule has 2 rings (SSSR count). The molecule has 98 valence electrons. The summed E-state index contributed by atoms with van der Waals surface area (Å²) in [6.07, 6.45) is 0. The molecule has 18 heavy (non-hydrogen) atoms. The van der Waals surface area contributed by atoms with E-state index in [9.17, 15) is 4.79 Å². The van der Waals surface area contributed by atoms with Crippen LogP contribution in [0, 0.1) is 13.8 Å². The van der Waals surface area contributed by atoms with Crippen LogP contribution in [-0.2, 0) is 4.79 Å². The highest BCUT2D eigenvalue weighted by Gasteiger charge is 2.36. The zero-order valence-corrected chi connectivity index (χ0v) is 11.9. The first-order chi connectivity index (χ1) is 8.30. The highest BCUT2D eigenvalue weighted by atomic mass is 16.2. The van der Waals surface area contributed by atoms with Crippen LogP contribution in [0.15, 0.2) is 18.2 Å². The number of benzene rings is 1. The van der Waals surface area contributed by atoms with E-state index in [1.54, 1.807) is 0 Å². The maximum atomic E-state index is 12.3. The fraction of sp³-hybridized carbons (Fsp3) is 0.533. The van der Waals surface area contributed by atoms with Crippen LogP contribution >= 0.6 is 0 Å². The minimum atomic E-state index is -0.130. The quantitative estimate of drug-likeness (QED) is 0.825. The number of nitrogens with one attached hydrogen (secondary N) is 1. The molecule has 1 unspecified atom stereocenters. The number of rotatable bonds is 1. The minimum Gasteiger partial charge on any atom is -0.309 e. The number of carbonyl (C=O) groups is 1. The van der Waals surface area contributed by atoms with E-state index in [1.807, 2.05) is 11.8 Å². The van der Waals surface area contributed by atoms with E-state index in [1.165, 1.54) is 5.56 Å². The first kappa shape index (κ1) is 13.1. The summed E-state index contributed by atoms with van der Waals surface area (Å²) in [4.78, 5) is 14.2. The van der Waals surface area contributed by atoms with Gasteiger partial charge in [0.05, 0.1) is 6.04 Å². The molecule has 1 saturated heterocycles. The Morgan fingerprint density at radius 2 is 2.00 bits per heavy atom. The molecule has 0 bridgehead atoms. The first-order valence-corrected chi connectivity index (χ1v) is 6.46. The summed E-state index contributed by atoms with van der Waals surface area (Å²) < 4.78 is 0. The fourth-order valence-corrected chi connectivity index (χ4v) is 2.71. The van der Waals surface area contributed by atoms with Gasteiger partial charge < -0.3 is 4.90 Å². The molecular weight excluding hydrogens is 224 g/mol. The second-order valence-corrected chi connectivity index (χ2v) is 5.96. The molecule has 0 aromatic heterocycles. The standard InChI is InChI=1S/C15H22N2O/c1-10-6-7-13(11(2)8-10)17-9-15(4,5)16-12(3)14(17)18/h6-8,12,16H,9H2,1-5H3. The number of piperazine rings is 1. The van der Waals surface area contributed by atoms with Crippen molar-refractivity contribution in [1.82, 2.24) is 5.32 Å². The zero-order valence-electron chi connectivity index (χ0n) is 11.9. The van der Waals surface area contributed by atoms with Gasteiger partial charge in [0.25, 0.3) is 0 Å². The molecule has 3 nitrogen and oxygen atoms in total. The van der Waals surface area contributed by atoms with Gasteiger partial charge in [-0.25, -0.2) is 0 Å². The Balaban J connectivity index is 2.39. The van der Waals surface area contributed by atoms with Gasteiger partial charge in [0.1, 0.15) is 0 Å². The second kappa shape index (κ2) is 4.39. The normalized spacial score (nSPS) is 23.3. The van der Waals surface area contributed by atoms with Crippen molar-refractivity contribution in [3.8, 4) is 0 Å². The van der Waals surface area contributed by atoms with Crippen LogP contribution in [0.5, 0.6) is 0 Å². The highest BCUT2D eigenvalue weighted by molar-refractivity contribution is 5.98. The second-order valence-electron chi connectivity index (χ2n) is 5.96. The summed E-state index contributed by atoms with van der Waals surface area (Å²) in [5.74, 6) is 0.154. The number of anilines is 1. The van der Waals surface area contributed by atoms with E-state index >= 15 is 0 Å². The molecule has 1 heterocycles. The Hall–Kier alpha value is -1.35. The smallest absolute Gasteiger partial charge is 0.243 e. The molecule has 1 aromatic carbocycles. The van der Waals surface area contributed by atoms with E-state index in [2.05, 4.69) is 51.2 Å². The van der Waals surface area contributed by atoms with Crippen LogP contribution in [0.25, 0.3) is 0 Å². The lowest BCUT2D eigenvalue weighted by molar-refractivity contribution is -0.122. The van der Waals surface area contributed by atoms with Gasteiger partial charge in [0.2, 0.25) is 5.91 Å². The van der Waals surface area contributed by atoms with Crippen molar-refractivity contribution in [3.63, 3.8) is 0 Å². The van der Waals surface area contributed by atoms with Crippen molar-refractivity contribution in [2.45, 2.75) is 46.2 Å². The average molecular weight is 246 g/mol. The predicted molar refractivity (Wildman–Crippen MR) is 74.9 cm³/mol. The molecule has 1 aromatic rings. The topological polar surface area (TPSA) is 32.3 Å². The summed E-state index contributed by atoms with van der Waals surface area (Å²) in [5.41, 5.74) is 3.37. The van der Waals surface area contributed by atoms with Crippen molar-refractivity contribution in [2.24, 2.45) is 0 Å². The predicted octanol–water partition coefficient (Wildman–Crippen LogP) is 2.41. The monoisotopic (exact) mass is 246 g/mol. The van der Waals surface area contributed by atoms with Gasteiger partial charge in [0, 0.05) is 17.8 Å². The lowest BCUT2D eigenvalue weighted by atomic mass is 9.97. The number of hydrogen-bond acceptors (Lipinski definition) is 2. The number of hydrogen-bond donors (Lipinski definition) is 1. The molecule has 0 spiro atoms. The van der Waals surface area contributed by atoms with Crippen LogP contribution < -0.4 is 10.2 Å². The van der Waals surface area contributed by atoms with Gasteiger partial charge in [-0.15, -0.1) is 0 Å². The van der Waals surface area contributed by atoms with Gasteiger partial charge in [0.15, 0.2) is 0 Å². The van der Waals surface area contributed by atoms with E-state index in [0.29, 0.717) is 6.54 Å². The summed E-state index contributed by atoms with van der Waals surface area (Å²) in [6.45, 7) is 11.0. The van der Waals surface area contributed by atoms with Crippen molar-refractivity contribution in [2.75, 3.05) is 11.4 Å². The van der Waals surface area contributed by atoms with Gasteiger partial charge in [-0.1, -0.05) is 17.7 Å². The summed E-state index contributed by atoms with van der Waals surface area (Å²) >= 11 is 0. The Labute approximate surface area is 109 Å². The number of aryl methyl sites for hydroxylation is 2. The van der Waals surface area contributed by atoms with Crippen LogP contribution in [0.2, 0.25) is 0 Å². The summed E-state index contributed by atoms with van der Waals surface area (Å²) in [5, 5.41) is 3.34. The molecule has 0 aliphatic carbocycles. The molecular formula is C15H22N2O. The number of amides is 1. The average Bonchev–Trinajstić information content (AvgIpc) is 2.23. The van der Waals surface area contributed by atoms with Crippen LogP contribution in [0.4, 0.5) is 5.69 Å².